The third kappa shape index (κ3) is 3.94. The molecule has 0 aliphatic carbocycles. The highest BCUT2D eigenvalue weighted by Crippen LogP contribution is 2.05. The Kier molecular flexibility index (Phi) is 5.49. The maximum atomic E-state index is 11.8. The van der Waals surface area contributed by atoms with E-state index in [1.165, 1.54) is 0 Å². The molecule has 92 valence electrons. The van der Waals surface area contributed by atoms with E-state index in [4.69, 9.17) is 0 Å². The lowest BCUT2D eigenvalue weighted by Gasteiger charge is -2.37. The van der Waals surface area contributed by atoms with E-state index < -0.39 is 0 Å². The minimum Gasteiger partial charge on any atom is -0.339 e. The van der Waals surface area contributed by atoms with Crippen LogP contribution in [0.3, 0.4) is 0 Å². The third-order valence-corrected chi connectivity index (χ3v) is 2.96. The second kappa shape index (κ2) is 6.66. The molecule has 0 radical (unpaired) electrons. The van der Waals surface area contributed by atoms with E-state index in [2.05, 4.69) is 30.6 Å². The van der Waals surface area contributed by atoms with Gasteiger partial charge in [0.25, 0.3) is 0 Å². The Labute approximate surface area is 98.3 Å². The van der Waals surface area contributed by atoms with Crippen molar-refractivity contribution in [2.45, 2.75) is 19.9 Å². The molecule has 0 spiro atoms. The number of carbonyl (C=O) groups excluding carboxylic acids is 1. The van der Waals surface area contributed by atoms with E-state index in [1.807, 2.05) is 4.90 Å². The lowest BCUT2D eigenvalue weighted by atomic mass is 10.2. The van der Waals surface area contributed by atoms with Crippen LogP contribution in [0.1, 0.15) is 13.8 Å². The molecular formula is C12H23N3O. The Morgan fingerprint density at radius 3 is 2.50 bits per heavy atom. The molecule has 1 N–H and O–H groups in total. The fourth-order valence-corrected chi connectivity index (χ4v) is 1.88. The summed E-state index contributed by atoms with van der Waals surface area (Å²) in [6, 6.07) is 0.580. The van der Waals surface area contributed by atoms with Gasteiger partial charge in [-0.3, -0.25) is 9.69 Å². The van der Waals surface area contributed by atoms with E-state index in [-0.39, 0.29) is 5.91 Å². The summed E-state index contributed by atoms with van der Waals surface area (Å²) in [5, 5.41) is 3.04. The van der Waals surface area contributed by atoms with E-state index >= 15 is 0 Å². The standard InChI is InChI=1S/C12H23N3O/c1-4-5-13-10-12(16)15-8-6-14(7-9-15)11(2)3/h4,11,13H,1,5-10H2,2-3H3. The summed E-state index contributed by atoms with van der Waals surface area (Å²) in [5.41, 5.74) is 0. The first kappa shape index (κ1) is 13.2. The molecule has 1 rings (SSSR count). The van der Waals surface area contributed by atoms with Crippen molar-refractivity contribution in [3.05, 3.63) is 12.7 Å². The van der Waals surface area contributed by atoms with Crippen LogP contribution >= 0.6 is 0 Å². The Balaban J connectivity index is 2.24. The van der Waals surface area contributed by atoms with Crippen LogP contribution in [0.25, 0.3) is 0 Å². The smallest absolute Gasteiger partial charge is 0.236 e. The Hall–Kier alpha value is -0.870. The van der Waals surface area contributed by atoms with E-state index in [1.54, 1.807) is 6.08 Å². The van der Waals surface area contributed by atoms with Gasteiger partial charge in [0.05, 0.1) is 6.54 Å². The van der Waals surface area contributed by atoms with Gasteiger partial charge in [-0.25, -0.2) is 0 Å². The molecule has 0 bridgehead atoms. The van der Waals surface area contributed by atoms with Crippen molar-refractivity contribution < 1.29 is 4.79 Å². The summed E-state index contributed by atoms with van der Waals surface area (Å²) in [7, 11) is 0. The minimum atomic E-state index is 0.199. The Morgan fingerprint density at radius 2 is 2.00 bits per heavy atom. The van der Waals surface area contributed by atoms with Crippen LogP contribution in [0, 0.1) is 0 Å². The van der Waals surface area contributed by atoms with Gasteiger partial charge in [-0.05, 0) is 13.8 Å². The SMILES string of the molecule is C=CCNCC(=O)N1CCN(C(C)C)CC1. The molecule has 1 fully saturated rings. The molecule has 1 aliphatic rings. The van der Waals surface area contributed by atoms with Gasteiger partial charge in [-0.1, -0.05) is 6.08 Å². The van der Waals surface area contributed by atoms with Gasteiger partial charge in [0.15, 0.2) is 0 Å². The number of hydrogen-bond donors (Lipinski definition) is 1. The van der Waals surface area contributed by atoms with Gasteiger partial charge in [-0.2, -0.15) is 0 Å². The normalized spacial score (nSPS) is 17.8. The Morgan fingerprint density at radius 1 is 1.38 bits per heavy atom. The summed E-state index contributed by atoms with van der Waals surface area (Å²) < 4.78 is 0. The molecular weight excluding hydrogens is 202 g/mol. The average molecular weight is 225 g/mol. The average Bonchev–Trinajstić information content (AvgIpc) is 2.29. The molecule has 0 saturated carbocycles. The molecule has 0 aromatic rings. The Bertz CT molecular complexity index is 232. The number of hydrogen-bond acceptors (Lipinski definition) is 3. The summed E-state index contributed by atoms with van der Waals surface area (Å²) >= 11 is 0. The topological polar surface area (TPSA) is 35.6 Å². The van der Waals surface area contributed by atoms with E-state index in [9.17, 15) is 4.79 Å². The van der Waals surface area contributed by atoms with Crippen molar-refractivity contribution in [1.82, 2.24) is 15.1 Å². The van der Waals surface area contributed by atoms with Crippen LogP contribution in [0.4, 0.5) is 0 Å². The van der Waals surface area contributed by atoms with Crippen LogP contribution in [0.15, 0.2) is 12.7 Å². The molecule has 0 unspecified atom stereocenters. The van der Waals surface area contributed by atoms with Crippen molar-refractivity contribution in [3.63, 3.8) is 0 Å². The number of nitrogens with zero attached hydrogens (tertiary/aromatic N) is 2. The van der Waals surface area contributed by atoms with Crippen LogP contribution in [-0.2, 0) is 4.79 Å². The molecule has 1 heterocycles. The maximum Gasteiger partial charge on any atom is 0.236 e. The van der Waals surface area contributed by atoms with Gasteiger partial charge in [0.1, 0.15) is 0 Å². The molecule has 16 heavy (non-hydrogen) atoms. The summed E-state index contributed by atoms with van der Waals surface area (Å²) in [5.74, 6) is 0.199. The van der Waals surface area contributed by atoms with Crippen molar-refractivity contribution in [2.75, 3.05) is 39.3 Å². The molecule has 1 saturated heterocycles. The summed E-state index contributed by atoms with van der Waals surface area (Å²) in [6.45, 7) is 12.8. The quantitative estimate of drug-likeness (QED) is 0.540. The summed E-state index contributed by atoms with van der Waals surface area (Å²) in [6.07, 6.45) is 1.77. The number of piperazine rings is 1. The lowest BCUT2D eigenvalue weighted by Crippen LogP contribution is -2.52. The zero-order valence-electron chi connectivity index (χ0n) is 10.4. The minimum absolute atomic E-state index is 0.199. The van der Waals surface area contributed by atoms with Gasteiger partial charge in [-0.15, -0.1) is 6.58 Å². The molecule has 4 heteroatoms. The number of rotatable bonds is 5. The first-order valence-corrected chi connectivity index (χ1v) is 5.98. The second-order valence-electron chi connectivity index (χ2n) is 4.43. The monoisotopic (exact) mass is 225 g/mol. The first-order chi connectivity index (χ1) is 7.65. The number of carbonyl (C=O) groups is 1. The molecule has 1 amide bonds. The molecule has 4 nitrogen and oxygen atoms in total. The zero-order valence-corrected chi connectivity index (χ0v) is 10.4. The van der Waals surface area contributed by atoms with Crippen molar-refractivity contribution in [3.8, 4) is 0 Å². The number of amides is 1. The van der Waals surface area contributed by atoms with Crippen LogP contribution < -0.4 is 5.32 Å². The van der Waals surface area contributed by atoms with Gasteiger partial charge >= 0.3 is 0 Å². The van der Waals surface area contributed by atoms with Gasteiger partial charge in [0.2, 0.25) is 5.91 Å². The number of nitrogens with one attached hydrogen (secondary N) is 1. The fourth-order valence-electron chi connectivity index (χ4n) is 1.88. The second-order valence-corrected chi connectivity index (χ2v) is 4.43. The van der Waals surface area contributed by atoms with Gasteiger partial charge < -0.3 is 10.2 Å². The van der Waals surface area contributed by atoms with Crippen molar-refractivity contribution in [2.24, 2.45) is 0 Å². The van der Waals surface area contributed by atoms with E-state index in [0.29, 0.717) is 19.1 Å². The highest BCUT2D eigenvalue weighted by Gasteiger charge is 2.21. The van der Waals surface area contributed by atoms with Gasteiger partial charge in [0, 0.05) is 38.8 Å². The van der Waals surface area contributed by atoms with Crippen LogP contribution in [0.5, 0.6) is 0 Å². The fraction of sp³-hybridized carbons (Fsp3) is 0.750. The largest absolute Gasteiger partial charge is 0.339 e. The first-order valence-electron chi connectivity index (χ1n) is 5.98. The summed E-state index contributed by atoms with van der Waals surface area (Å²) in [4.78, 5) is 16.1. The third-order valence-electron chi connectivity index (χ3n) is 2.96. The highest BCUT2D eigenvalue weighted by molar-refractivity contribution is 5.78. The van der Waals surface area contributed by atoms with Crippen LogP contribution in [0.2, 0.25) is 0 Å². The lowest BCUT2D eigenvalue weighted by molar-refractivity contribution is -0.132. The van der Waals surface area contributed by atoms with Crippen LogP contribution in [-0.4, -0.2) is 61.0 Å². The molecule has 0 atom stereocenters. The maximum absolute atomic E-state index is 11.8. The molecule has 1 aliphatic heterocycles. The molecule has 0 aromatic heterocycles. The zero-order chi connectivity index (χ0) is 12.0. The predicted octanol–water partition coefficient (Wildman–Crippen LogP) is 0.315. The van der Waals surface area contributed by atoms with E-state index in [0.717, 1.165) is 26.2 Å². The van der Waals surface area contributed by atoms with Crippen molar-refractivity contribution >= 4 is 5.91 Å². The highest BCUT2D eigenvalue weighted by atomic mass is 16.2. The van der Waals surface area contributed by atoms with Crippen molar-refractivity contribution in [1.29, 1.82) is 0 Å². The predicted molar refractivity (Wildman–Crippen MR) is 66.4 cm³/mol. The molecule has 0 aromatic carbocycles.